The second kappa shape index (κ2) is 11.2. The van der Waals surface area contributed by atoms with E-state index in [1.54, 1.807) is 25.3 Å². The maximum Gasteiger partial charge on any atom is 0.340 e. The van der Waals surface area contributed by atoms with E-state index in [0.29, 0.717) is 41.9 Å². The van der Waals surface area contributed by atoms with Crippen molar-refractivity contribution in [2.75, 3.05) is 40.4 Å². The Morgan fingerprint density at radius 3 is 2.13 bits per heavy atom. The van der Waals surface area contributed by atoms with E-state index in [-0.39, 0.29) is 11.3 Å². The van der Waals surface area contributed by atoms with Crippen molar-refractivity contribution in [2.24, 2.45) is 5.92 Å². The standard InChI is InChI=1S/C23H29NO7/c1-14(2)12-31-13-16-9-15(7-8-19(16)27-3)22(25)24-18-11-21(29-5)20(28-4)10-17(18)23(26)30-6/h7-11,14H,12-13H2,1-6H3,(H,24,25). The van der Waals surface area contributed by atoms with Crippen LogP contribution in [0.15, 0.2) is 30.3 Å². The third kappa shape index (κ3) is 6.11. The average molecular weight is 431 g/mol. The largest absolute Gasteiger partial charge is 0.496 e. The summed E-state index contributed by atoms with van der Waals surface area (Å²) in [5.74, 6) is 0.692. The fraction of sp³-hybridized carbons (Fsp3) is 0.391. The quantitative estimate of drug-likeness (QED) is 0.570. The lowest BCUT2D eigenvalue weighted by Crippen LogP contribution is -2.16. The minimum Gasteiger partial charge on any atom is -0.496 e. The van der Waals surface area contributed by atoms with Crippen LogP contribution in [0.25, 0.3) is 0 Å². The summed E-state index contributed by atoms with van der Waals surface area (Å²) in [5.41, 5.74) is 1.51. The van der Waals surface area contributed by atoms with Gasteiger partial charge >= 0.3 is 5.97 Å². The van der Waals surface area contributed by atoms with Gasteiger partial charge in [0, 0.05) is 29.9 Å². The van der Waals surface area contributed by atoms with Crippen molar-refractivity contribution in [3.8, 4) is 17.2 Å². The van der Waals surface area contributed by atoms with Gasteiger partial charge in [-0.25, -0.2) is 4.79 Å². The minimum atomic E-state index is -0.617. The van der Waals surface area contributed by atoms with E-state index in [1.807, 2.05) is 0 Å². The van der Waals surface area contributed by atoms with Crippen molar-refractivity contribution >= 4 is 17.6 Å². The van der Waals surface area contributed by atoms with Gasteiger partial charge in [0.05, 0.1) is 46.3 Å². The van der Waals surface area contributed by atoms with Crippen molar-refractivity contribution < 1.29 is 33.3 Å². The van der Waals surface area contributed by atoms with Crippen LogP contribution < -0.4 is 19.5 Å². The Balaban J connectivity index is 2.34. The second-order valence-electron chi connectivity index (χ2n) is 7.13. The molecular weight excluding hydrogens is 402 g/mol. The van der Waals surface area contributed by atoms with Gasteiger partial charge in [-0.05, 0) is 24.1 Å². The lowest BCUT2D eigenvalue weighted by Gasteiger charge is -2.15. The first-order valence-electron chi connectivity index (χ1n) is 9.74. The number of carbonyl (C=O) groups is 2. The molecule has 0 aliphatic heterocycles. The molecule has 168 valence electrons. The fourth-order valence-electron chi connectivity index (χ4n) is 2.89. The summed E-state index contributed by atoms with van der Waals surface area (Å²) in [6.07, 6.45) is 0. The molecule has 0 heterocycles. The molecular formula is C23H29NO7. The number of benzene rings is 2. The Bertz CT molecular complexity index is 924. The number of methoxy groups -OCH3 is 4. The Kier molecular flexibility index (Phi) is 8.69. The van der Waals surface area contributed by atoms with Crippen molar-refractivity contribution in [1.82, 2.24) is 0 Å². The van der Waals surface area contributed by atoms with E-state index in [2.05, 4.69) is 19.2 Å². The molecule has 0 saturated heterocycles. The Labute approximate surface area is 182 Å². The van der Waals surface area contributed by atoms with Gasteiger partial charge in [-0.1, -0.05) is 13.8 Å². The SMILES string of the molecule is COC(=O)c1cc(OC)c(OC)cc1NC(=O)c1ccc(OC)c(COCC(C)C)c1. The zero-order chi connectivity index (χ0) is 23.0. The van der Waals surface area contributed by atoms with Crippen molar-refractivity contribution in [3.63, 3.8) is 0 Å². The first-order chi connectivity index (χ1) is 14.8. The monoisotopic (exact) mass is 431 g/mol. The maximum absolute atomic E-state index is 12.9. The molecule has 1 N–H and O–H groups in total. The van der Waals surface area contributed by atoms with Crippen molar-refractivity contribution in [1.29, 1.82) is 0 Å². The van der Waals surface area contributed by atoms with Gasteiger partial charge < -0.3 is 29.0 Å². The summed E-state index contributed by atoms with van der Waals surface area (Å²) in [5, 5.41) is 2.75. The van der Waals surface area contributed by atoms with Crippen LogP contribution in [-0.4, -0.2) is 46.9 Å². The number of anilines is 1. The summed E-state index contributed by atoms with van der Waals surface area (Å²) in [7, 11) is 5.75. The Hall–Kier alpha value is -3.26. The molecule has 1 amide bonds. The molecule has 0 radical (unpaired) electrons. The molecule has 2 aromatic rings. The number of nitrogens with one attached hydrogen (secondary N) is 1. The molecule has 0 aromatic heterocycles. The highest BCUT2D eigenvalue weighted by Gasteiger charge is 2.20. The maximum atomic E-state index is 12.9. The van der Waals surface area contributed by atoms with Crippen LogP contribution in [0.4, 0.5) is 5.69 Å². The van der Waals surface area contributed by atoms with E-state index >= 15 is 0 Å². The Morgan fingerprint density at radius 1 is 0.903 bits per heavy atom. The molecule has 0 spiro atoms. The fourth-order valence-corrected chi connectivity index (χ4v) is 2.89. The summed E-state index contributed by atoms with van der Waals surface area (Å²) < 4.78 is 26.4. The summed E-state index contributed by atoms with van der Waals surface area (Å²) in [4.78, 5) is 25.2. The predicted octanol–water partition coefficient (Wildman–Crippen LogP) is 3.92. The number of hydrogen-bond donors (Lipinski definition) is 1. The molecule has 8 nitrogen and oxygen atoms in total. The van der Waals surface area contributed by atoms with E-state index in [1.165, 1.54) is 33.5 Å². The summed E-state index contributed by atoms with van der Waals surface area (Å²) in [6, 6.07) is 8.02. The third-order valence-electron chi connectivity index (χ3n) is 4.43. The predicted molar refractivity (Wildman–Crippen MR) is 116 cm³/mol. The number of amides is 1. The zero-order valence-electron chi connectivity index (χ0n) is 18.7. The Morgan fingerprint density at radius 2 is 1.55 bits per heavy atom. The van der Waals surface area contributed by atoms with Gasteiger partial charge in [-0.2, -0.15) is 0 Å². The van der Waals surface area contributed by atoms with Crippen molar-refractivity contribution in [3.05, 3.63) is 47.0 Å². The highest BCUT2D eigenvalue weighted by atomic mass is 16.5. The number of rotatable bonds is 10. The van der Waals surface area contributed by atoms with Gasteiger partial charge in [-0.15, -0.1) is 0 Å². The lowest BCUT2D eigenvalue weighted by atomic mass is 10.1. The second-order valence-corrected chi connectivity index (χ2v) is 7.13. The smallest absolute Gasteiger partial charge is 0.340 e. The molecule has 0 aliphatic carbocycles. The third-order valence-corrected chi connectivity index (χ3v) is 4.43. The molecule has 8 heteroatoms. The van der Waals surface area contributed by atoms with Gasteiger partial charge in [0.15, 0.2) is 11.5 Å². The van der Waals surface area contributed by atoms with Gasteiger partial charge in [0.2, 0.25) is 0 Å². The molecule has 0 aliphatic rings. The molecule has 0 fully saturated rings. The van der Waals surface area contributed by atoms with Crippen LogP contribution in [0.2, 0.25) is 0 Å². The molecule has 0 saturated carbocycles. The molecule has 2 rings (SSSR count). The van der Waals surface area contributed by atoms with Crippen LogP contribution in [-0.2, 0) is 16.1 Å². The summed E-state index contributed by atoms with van der Waals surface area (Å²) >= 11 is 0. The van der Waals surface area contributed by atoms with Crippen LogP contribution in [0, 0.1) is 5.92 Å². The van der Waals surface area contributed by atoms with Crippen LogP contribution >= 0.6 is 0 Å². The number of esters is 1. The molecule has 0 atom stereocenters. The molecule has 2 aromatic carbocycles. The number of carbonyl (C=O) groups excluding carboxylic acids is 2. The van der Waals surface area contributed by atoms with Gasteiger partial charge in [0.1, 0.15) is 5.75 Å². The number of ether oxygens (including phenoxy) is 5. The van der Waals surface area contributed by atoms with Crippen LogP contribution in [0.5, 0.6) is 17.2 Å². The topological polar surface area (TPSA) is 92.3 Å². The van der Waals surface area contributed by atoms with E-state index in [4.69, 9.17) is 23.7 Å². The molecule has 0 unspecified atom stereocenters. The first kappa shape index (κ1) is 24.0. The highest BCUT2D eigenvalue weighted by molar-refractivity contribution is 6.08. The van der Waals surface area contributed by atoms with Crippen LogP contribution in [0.3, 0.4) is 0 Å². The van der Waals surface area contributed by atoms with E-state index in [9.17, 15) is 9.59 Å². The minimum absolute atomic E-state index is 0.141. The zero-order valence-corrected chi connectivity index (χ0v) is 18.7. The van der Waals surface area contributed by atoms with E-state index < -0.39 is 11.9 Å². The lowest BCUT2D eigenvalue weighted by molar-refractivity contribution is 0.0601. The molecule has 0 bridgehead atoms. The van der Waals surface area contributed by atoms with Gasteiger partial charge in [-0.3, -0.25) is 4.79 Å². The molecule has 31 heavy (non-hydrogen) atoms. The average Bonchev–Trinajstić information content (AvgIpc) is 2.77. The normalized spacial score (nSPS) is 10.5. The number of hydrogen-bond acceptors (Lipinski definition) is 7. The summed E-state index contributed by atoms with van der Waals surface area (Å²) in [6.45, 7) is 5.02. The first-order valence-corrected chi connectivity index (χ1v) is 9.74. The van der Waals surface area contributed by atoms with Gasteiger partial charge in [0.25, 0.3) is 5.91 Å². The van der Waals surface area contributed by atoms with Crippen LogP contribution in [0.1, 0.15) is 40.1 Å². The highest BCUT2D eigenvalue weighted by Crippen LogP contribution is 2.34. The van der Waals surface area contributed by atoms with Crippen molar-refractivity contribution in [2.45, 2.75) is 20.5 Å². The van der Waals surface area contributed by atoms with E-state index in [0.717, 1.165) is 5.56 Å².